The first-order valence-electron chi connectivity index (χ1n) is 5.33. The van der Waals surface area contributed by atoms with Crippen LogP contribution >= 0.6 is 0 Å². The third kappa shape index (κ3) is 3.32. The Morgan fingerprint density at radius 3 is 3.00 bits per heavy atom. The van der Waals surface area contributed by atoms with E-state index in [1.54, 1.807) is 0 Å². The van der Waals surface area contributed by atoms with Crippen molar-refractivity contribution in [1.29, 1.82) is 0 Å². The lowest BCUT2D eigenvalue weighted by Gasteiger charge is -2.06. The summed E-state index contributed by atoms with van der Waals surface area (Å²) >= 11 is 0. The van der Waals surface area contributed by atoms with Gasteiger partial charge in [0.2, 0.25) is 0 Å². The highest BCUT2D eigenvalue weighted by Gasteiger charge is 2.14. The summed E-state index contributed by atoms with van der Waals surface area (Å²) in [7, 11) is 0. The van der Waals surface area contributed by atoms with Crippen LogP contribution in [0.25, 0.3) is 0 Å². The van der Waals surface area contributed by atoms with Crippen LogP contribution in [0.2, 0.25) is 0 Å². The number of hydrogen-bond donors (Lipinski definition) is 1. The van der Waals surface area contributed by atoms with Crippen LogP contribution in [0.4, 0.5) is 0 Å². The maximum atomic E-state index is 10.9. The van der Waals surface area contributed by atoms with E-state index in [9.17, 15) is 4.79 Å². The number of amides is 1. The van der Waals surface area contributed by atoms with Crippen molar-refractivity contribution in [3.63, 3.8) is 0 Å². The second-order valence-electron chi connectivity index (χ2n) is 3.68. The van der Waals surface area contributed by atoms with Crippen LogP contribution in [-0.4, -0.2) is 23.2 Å². The van der Waals surface area contributed by atoms with Gasteiger partial charge in [0.15, 0.2) is 6.20 Å². The molecule has 14 heavy (non-hydrogen) atoms. The summed E-state index contributed by atoms with van der Waals surface area (Å²) in [5, 5.41) is 0. The molecule has 2 N–H and O–H groups in total. The highest BCUT2D eigenvalue weighted by Crippen LogP contribution is 2.08. The van der Waals surface area contributed by atoms with Crippen molar-refractivity contribution in [3.05, 3.63) is 11.8 Å². The van der Waals surface area contributed by atoms with Crippen molar-refractivity contribution in [1.82, 2.24) is 0 Å². The van der Waals surface area contributed by atoms with Crippen LogP contribution in [0.5, 0.6) is 0 Å². The molecule has 1 rings (SSSR count). The Kier molecular flexibility index (Phi) is 4.36. The van der Waals surface area contributed by atoms with Crippen LogP contribution in [0.3, 0.4) is 0 Å². The lowest BCUT2D eigenvalue weighted by atomic mass is 10.1. The number of nitrogens with two attached hydrogens (primary N) is 1. The molecule has 1 amide bonds. The number of rotatable bonds is 5. The van der Waals surface area contributed by atoms with Gasteiger partial charge >= 0.3 is 0 Å². The Bertz CT molecular complexity index is 266. The molecule has 0 bridgehead atoms. The van der Waals surface area contributed by atoms with Crippen molar-refractivity contribution in [3.8, 4) is 0 Å². The topological polar surface area (TPSA) is 46.1 Å². The minimum absolute atomic E-state index is 0.279. The van der Waals surface area contributed by atoms with Gasteiger partial charge in [0, 0.05) is 12.8 Å². The average molecular weight is 195 g/mol. The Morgan fingerprint density at radius 1 is 1.57 bits per heavy atom. The summed E-state index contributed by atoms with van der Waals surface area (Å²) in [6.45, 7) is 3.19. The lowest BCUT2D eigenvalue weighted by Crippen LogP contribution is -2.21. The van der Waals surface area contributed by atoms with E-state index in [0.29, 0.717) is 0 Å². The van der Waals surface area contributed by atoms with Gasteiger partial charge in [-0.05, 0) is 12.8 Å². The number of hydrogen-bond acceptors (Lipinski definition) is 1. The highest BCUT2D eigenvalue weighted by atomic mass is 16.1. The number of carbonyl (C=O) groups is 1. The van der Waals surface area contributed by atoms with E-state index in [0.717, 1.165) is 25.0 Å². The molecule has 0 saturated heterocycles. The fraction of sp³-hybridized carbons (Fsp3) is 0.636. The summed E-state index contributed by atoms with van der Waals surface area (Å²) in [5.41, 5.74) is 5.99. The van der Waals surface area contributed by atoms with E-state index in [4.69, 9.17) is 5.73 Å². The molecule has 0 aromatic carbocycles. The van der Waals surface area contributed by atoms with Crippen LogP contribution in [0.15, 0.2) is 11.8 Å². The molecule has 0 unspecified atom stereocenters. The van der Waals surface area contributed by atoms with Crippen LogP contribution in [0, 0.1) is 0 Å². The molecule has 3 heteroatoms. The molecular weight excluding hydrogens is 176 g/mol. The SMILES string of the molecule is CCCCC[N+]1=CCCC(C(N)=O)=C1. The van der Waals surface area contributed by atoms with Gasteiger partial charge < -0.3 is 5.73 Å². The zero-order valence-electron chi connectivity index (χ0n) is 8.83. The standard InChI is InChI=1S/C11H18N2O/c1-2-3-4-7-13-8-5-6-10(9-13)11(12)14/h8-9H,2-7H2,1H3,(H-,12,14)/p+1. The van der Waals surface area contributed by atoms with Gasteiger partial charge in [-0.2, -0.15) is 0 Å². The molecule has 1 aliphatic heterocycles. The summed E-state index contributed by atoms with van der Waals surface area (Å²) < 4.78 is 2.10. The zero-order valence-corrected chi connectivity index (χ0v) is 8.83. The van der Waals surface area contributed by atoms with Gasteiger partial charge in [-0.15, -0.1) is 0 Å². The zero-order chi connectivity index (χ0) is 10.4. The normalized spacial score (nSPS) is 16.1. The molecule has 0 fully saturated rings. The van der Waals surface area contributed by atoms with E-state index in [1.165, 1.54) is 19.3 Å². The van der Waals surface area contributed by atoms with Crippen molar-refractivity contribution >= 4 is 12.1 Å². The number of unbranched alkanes of at least 4 members (excludes halogenated alkanes) is 2. The number of nitrogens with zero attached hydrogens (tertiary/aromatic N) is 1. The molecule has 3 nitrogen and oxygen atoms in total. The van der Waals surface area contributed by atoms with Crippen LogP contribution in [-0.2, 0) is 4.79 Å². The van der Waals surface area contributed by atoms with Crippen LogP contribution in [0.1, 0.15) is 39.0 Å². The smallest absolute Gasteiger partial charge is 0.250 e. The van der Waals surface area contributed by atoms with E-state index in [2.05, 4.69) is 17.7 Å². The van der Waals surface area contributed by atoms with E-state index in [1.807, 2.05) is 6.20 Å². The van der Waals surface area contributed by atoms with E-state index >= 15 is 0 Å². The molecule has 0 aromatic rings. The second-order valence-corrected chi connectivity index (χ2v) is 3.68. The molecule has 0 radical (unpaired) electrons. The summed E-state index contributed by atoms with van der Waals surface area (Å²) in [5.74, 6) is -0.279. The predicted octanol–water partition coefficient (Wildman–Crippen LogP) is 1.42. The highest BCUT2D eigenvalue weighted by molar-refractivity contribution is 5.92. The number of primary amides is 1. The predicted molar refractivity (Wildman–Crippen MR) is 57.2 cm³/mol. The van der Waals surface area contributed by atoms with Crippen LogP contribution < -0.4 is 5.73 Å². The third-order valence-corrected chi connectivity index (χ3v) is 2.44. The Balaban J connectivity index is 2.45. The van der Waals surface area contributed by atoms with Gasteiger partial charge in [-0.1, -0.05) is 13.3 Å². The lowest BCUT2D eigenvalue weighted by molar-refractivity contribution is -0.456. The maximum absolute atomic E-state index is 10.9. The molecule has 1 heterocycles. The molecule has 0 atom stereocenters. The number of carbonyl (C=O) groups excluding carboxylic acids is 1. The molecule has 0 aromatic heterocycles. The summed E-state index contributed by atoms with van der Waals surface area (Å²) in [4.78, 5) is 10.9. The first-order chi connectivity index (χ1) is 6.74. The van der Waals surface area contributed by atoms with Gasteiger partial charge in [-0.3, -0.25) is 4.79 Å². The molecule has 1 aliphatic rings. The van der Waals surface area contributed by atoms with Crippen molar-refractivity contribution in [2.24, 2.45) is 5.73 Å². The minimum atomic E-state index is -0.279. The van der Waals surface area contributed by atoms with Crippen molar-refractivity contribution in [2.75, 3.05) is 6.54 Å². The second kappa shape index (κ2) is 5.58. The molecular formula is C11H19N2O+. The largest absolute Gasteiger partial charge is 0.366 e. The summed E-state index contributed by atoms with van der Waals surface area (Å²) in [6, 6.07) is 0. The first-order valence-corrected chi connectivity index (χ1v) is 5.33. The van der Waals surface area contributed by atoms with Gasteiger partial charge in [0.1, 0.15) is 12.8 Å². The quantitative estimate of drug-likeness (QED) is 0.523. The fourth-order valence-corrected chi connectivity index (χ4v) is 1.59. The Labute approximate surface area is 85.3 Å². The fourth-order valence-electron chi connectivity index (χ4n) is 1.59. The average Bonchev–Trinajstić information content (AvgIpc) is 2.19. The summed E-state index contributed by atoms with van der Waals surface area (Å²) in [6.07, 6.45) is 9.39. The van der Waals surface area contributed by atoms with E-state index < -0.39 is 0 Å². The van der Waals surface area contributed by atoms with Crippen molar-refractivity contribution in [2.45, 2.75) is 39.0 Å². The van der Waals surface area contributed by atoms with E-state index in [-0.39, 0.29) is 5.91 Å². The third-order valence-electron chi connectivity index (χ3n) is 2.44. The molecule has 0 spiro atoms. The van der Waals surface area contributed by atoms with Crippen molar-refractivity contribution < 1.29 is 9.37 Å². The molecule has 0 aliphatic carbocycles. The van der Waals surface area contributed by atoms with Gasteiger partial charge in [0.05, 0.1) is 5.57 Å². The Hall–Kier alpha value is -1.12. The monoisotopic (exact) mass is 195 g/mol. The maximum Gasteiger partial charge on any atom is 0.250 e. The van der Waals surface area contributed by atoms with Gasteiger partial charge in [-0.25, -0.2) is 4.58 Å². The molecule has 0 saturated carbocycles. The Morgan fingerprint density at radius 2 is 2.36 bits per heavy atom. The first kappa shape index (κ1) is 11.0. The minimum Gasteiger partial charge on any atom is -0.366 e. The molecule has 78 valence electrons. The van der Waals surface area contributed by atoms with Gasteiger partial charge in [0.25, 0.3) is 5.91 Å².